The summed E-state index contributed by atoms with van der Waals surface area (Å²) in [4.78, 5) is 4.59. The maximum Gasteiger partial charge on any atom is 0.127 e. The second-order valence-corrected chi connectivity index (χ2v) is 5.06. The normalized spacial score (nSPS) is 13.3. The fourth-order valence-corrected chi connectivity index (χ4v) is 2.20. The highest BCUT2D eigenvalue weighted by atomic mass is 35.5. The molecule has 0 radical (unpaired) electrons. The number of aromatic nitrogens is 2. The molecule has 0 fully saturated rings. The minimum Gasteiger partial charge on any atom is -0.497 e. The average Bonchev–Trinajstić information content (AvgIpc) is 2.66. The summed E-state index contributed by atoms with van der Waals surface area (Å²) in [6, 6.07) is 6.26. The first-order valence-electron chi connectivity index (χ1n) is 5.74. The third-order valence-corrected chi connectivity index (χ3v) is 2.99. The van der Waals surface area contributed by atoms with Crippen molar-refractivity contribution in [3.8, 4) is 5.75 Å². The van der Waals surface area contributed by atoms with Crippen molar-refractivity contribution in [2.24, 2.45) is 0 Å². The van der Waals surface area contributed by atoms with Crippen LogP contribution in [-0.4, -0.2) is 16.7 Å². The Labute approximate surface area is 106 Å². The Kier molecular flexibility index (Phi) is 3.29. The molecule has 1 aromatic carbocycles. The number of imidazole rings is 1. The molecule has 1 atom stereocenters. The standard InChI is InChI=1S/C13H17ClN2O/c1-8(2)16-12-6-5-10(17-4)7-11(12)15-13(16)9(3)14/h5-9H,1-4H3. The second kappa shape index (κ2) is 4.57. The minimum atomic E-state index is -0.101. The number of methoxy groups -OCH3 is 1. The van der Waals surface area contributed by atoms with Gasteiger partial charge in [0.15, 0.2) is 0 Å². The van der Waals surface area contributed by atoms with Crippen molar-refractivity contribution in [2.45, 2.75) is 32.2 Å². The van der Waals surface area contributed by atoms with Crippen LogP contribution in [0.1, 0.15) is 38.0 Å². The van der Waals surface area contributed by atoms with Crippen molar-refractivity contribution in [1.29, 1.82) is 0 Å². The number of alkyl halides is 1. The topological polar surface area (TPSA) is 27.1 Å². The number of halogens is 1. The summed E-state index contributed by atoms with van der Waals surface area (Å²) in [6.07, 6.45) is 0. The first kappa shape index (κ1) is 12.2. The molecule has 0 aliphatic heterocycles. The summed E-state index contributed by atoms with van der Waals surface area (Å²) in [5.74, 6) is 1.73. The van der Waals surface area contributed by atoms with Gasteiger partial charge in [-0.3, -0.25) is 0 Å². The van der Waals surface area contributed by atoms with Crippen LogP contribution < -0.4 is 4.74 Å². The molecule has 0 aliphatic carbocycles. The van der Waals surface area contributed by atoms with Crippen LogP contribution in [0.2, 0.25) is 0 Å². The average molecular weight is 253 g/mol. The zero-order valence-electron chi connectivity index (χ0n) is 10.6. The van der Waals surface area contributed by atoms with E-state index in [2.05, 4.69) is 23.4 Å². The van der Waals surface area contributed by atoms with Gasteiger partial charge in [-0.15, -0.1) is 11.6 Å². The quantitative estimate of drug-likeness (QED) is 0.774. The van der Waals surface area contributed by atoms with Crippen LogP contribution in [0.3, 0.4) is 0 Å². The van der Waals surface area contributed by atoms with Gasteiger partial charge < -0.3 is 9.30 Å². The fraction of sp³-hybridized carbons (Fsp3) is 0.462. The van der Waals surface area contributed by atoms with Crippen molar-refractivity contribution in [3.63, 3.8) is 0 Å². The molecule has 17 heavy (non-hydrogen) atoms. The number of fused-ring (bicyclic) bond motifs is 1. The summed E-state index contributed by atoms with van der Waals surface area (Å²) >= 11 is 6.18. The summed E-state index contributed by atoms with van der Waals surface area (Å²) in [7, 11) is 1.66. The van der Waals surface area contributed by atoms with E-state index in [4.69, 9.17) is 16.3 Å². The van der Waals surface area contributed by atoms with Crippen LogP contribution in [0, 0.1) is 0 Å². The van der Waals surface area contributed by atoms with Gasteiger partial charge in [0.25, 0.3) is 0 Å². The molecule has 0 bridgehead atoms. The smallest absolute Gasteiger partial charge is 0.127 e. The lowest BCUT2D eigenvalue weighted by Gasteiger charge is -2.14. The van der Waals surface area contributed by atoms with E-state index >= 15 is 0 Å². The summed E-state index contributed by atoms with van der Waals surface area (Å²) in [5.41, 5.74) is 2.03. The minimum absolute atomic E-state index is 0.101. The van der Waals surface area contributed by atoms with Gasteiger partial charge in [0, 0.05) is 12.1 Å². The summed E-state index contributed by atoms with van der Waals surface area (Å²) in [5, 5.41) is -0.101. The van der Waals surface area contributed by atoms with E-state index in [1.54, 1.807) is 7.11 Å². The first-order chi connectivity index (χ1) is 8.04. The maximum absolute atomic E-state index is 6.18. The molecule has 0 N–H and O–H groups in total. The van der Waals surface area contributed by atoms with Gasteiger partial charge in [-0.05, 0) is 32.9 Å². The molecular weight excluding hydrogens is 236 g/mol. The highest BCUT2D eigenvalue weighted by Crippen LogP contribution is 2.29. The number of ether oxygens (including phenoxy) is 1. The first-order valence-corrected chi connectivity index (χ1v) is 6.18. The van der Waals surface area contributed by atoms with Crippen LogP contribution in [0.4, 0.5) is 0 Å². The molecule has 4 heteroatoms. The van der Waals surface area contributed by atoms with Gasteiger partial charge in [0.1, 0.15) is 11.6 Å². The van der Waals surface area contributed by atoms with E-state index in [0.29, 0.717) is 6.04 Å². The van der Waals surface area contributed by atoms with E-state index < -0.39 is 0 Å². The maximum atomic E-state index is 6.18. The number of benzene rings is 1. The molecule has 0 amide bonds. The van der Waals surface area contributed by atoms with E-state index in [1.165, 1.54) is 0 Å². The molecule has 1 unspecified atom stereocenters. The van der Waals surface area contributed by atoms with Crippen molar-refractivity contribution >= 4 is 22.6 Å². The molecule has 0 saturated heterocycles. The lowest BCUT2D eigenvalue weighted by atomic mass is 10.2. The highest BCUT2D eigenvalue weighted by Gasteiger charge is 2.17. The Balaban J connectivity index is 2.70. The number of hydrogen-bond acceptors (Lipinski definition) is 2. The van der Waals surface area contributed by atoms with Crippen LogP contribution in [0.25, 0.3) is 11.0 Å². The van der Waals surface area contributed by atoms with E-state index in [1.807, 2.05) is 25.1 Å². The molecule has 2 rings (SSSR count). The van der Waals surface area contributed by atoms with Crippen molar-refractivity contribution in [1.82, 2.24) is 9.55 Å². The molecule has 1 heterocycles. The Morgan fingerprint density at radius 1 is 1.29 bits per heavy atom. The van der Waals surface area contributed by atoms with Gasteiger partial charge in [-0.2, -0.15) is 0 Å². The molecule has 3 nitrogen and oxygen atoms in total. The van der Waals surface area contributed by atoms with Crippen LogP contribution >= 0.6 is 11.6 Å². The number of nitrogens with zero attached hydrogens (tertiary/aromatic N) is 2. The van der Waals surface area contributed by atoms with Crippen molar-refractivity contribution in [2.75, 3.05) is 7.11 Å². The van der Waals surface area contributed by atoms with Gasteiger partial charge in [0.05, 0.1) is 23.5 Å². The van der Waals surface area contributed by atoms with Crippen molar-refractivity contribution in [3.05, 3.63) is 24.0 Å². The molecule has 0 saturated carbocycles. The Bertz CT molecular complexity index is 531. The van der Waals surface area contributed by atoms with Crippen molar-refractivity contribution < 1.29 is 4.74 Å². The Hall–Kier alpha value is -1.22. The number of rotatable bonds is 3. The predicted molar refractivity (Wildman–Crippen MR) is 70.9 cm³/mol. The van der Waals surface area contributed by atoms with Crippen LogP contribution in [0.5, 0.6) is 5.75 Å². The highest BCUT2D eigenvalue weighted by molar-refractivity contribution is 6.20. The fourth-order valence-electron chi connectivity index (χ4n) is 2.05. The zero-order valence-corrected chi connectivity index (χ0v) is 11.3. The van der Waals surface area contributed by atoms with Crippen LogP contribution in [-0.2, 0) is 0 Å². The Morgan fingerprint density at radius 3 is 2.53 bits per heavy atom. The van der Waals surface area contributed by atoms with E-state index in [-0.39, 0.29) is 5.38 Å². The van der Waals surface area contributed by atoms with Crippen LogP contribution in [0.15, 0.2) is 18.2 Å². The molecular formula is C13H17ClN2O. The van der Waals surface area contributed by atoms with Gasteiger partial charge in [0.2, 0.25) is 0 Å². The molecule has 0 aliphatic rings. The molecule has 1 aromatic heterocycles. The SMILES string of the molecule is COc1ccc2c(c1)nc(C(C)Cl)n2C(C)C. The van der Waals surface area contributed by atoms with Gasteiger partial charge in [-0.25, -0.2) is 4.98 Å². The largest absolute Gasteiger partial charge is 0.497 e. The zero-order chi connectivity index (χ0) is 12.6. The second-order valence-electron chi connectivity index (χ2n) is 4.40. The molecule has 92 valence electrons. The third-order valence-electron chi connectivity index (χ3n) is 2.80. The lowest BCUT2D eigenvalue weighted by molar-refractivity contribution is 0.415. The van der Waals surface area contributed by atoms with Gasteiger partial charge in [-0.1, -0.05) is 0 Å². The monoisotopic (exact) mass is 252 g/mol. The van der Waals surface area contributed by atoms with E-state index in [9.17, 15) is 0 Å². The molecule has 2 aromatic rings. The third kappa shape index (κ3) is 2.12. The van der Waals surface area contributed by atoms with E-state index in [0.717, 1.165) is 22.6 Å². The lowest BCUT2D eigenvalue weighted by Crippen LogP contribution is -2.06. The van der Waals surface area contributed by atoms with Gasteiger partial charge >= 0.3 is 0 Å². The number of hydrogen-bond donors (Lipinski definition) is 0. The summed E-state index contributed by atoms with van der Waals surface area (Å²) < 4.78 is 7.38. The Morgan fingerprint density at radius 2 is 2.00 bits per heavy atom. The predicted octanol–water partition coefficient (Wildman–Crippen LogP) is 3.93. The molecule has 0 spiro atoms. The summed E-state index contributed by atoms with van der Waals surface area (Å²) in [6.45, 7) is 6.21.